The second-order valence-electron chi connectivity index (χ2n) is 7.08. The van der Waals surface area contributed by atoms with E-state index in [1.165, 1.54) is 5.56 Å². The van der Waals surface area contributed by atoms with E-state index < -0.39 is 0 Å². The number of benzene rings is 3. The van der Waals surface area contributed by atoms with E-state index in [0.29, 0.717) is 5.92 Å². The third-order valence-corrected chi connectivity index (χ3v) is 5.11. The molecule has 0 saturated heterocycles. The van der Waals surface area contributed by atoms with Crippen LogP contribution >= 0.6 is 0 Å². The summed E-state index contributed by atoms with van der Waals surface area (Å²) >= 11 is 0. The Hall–Kier alpha value is -2.91. The zero-order valence-corrected chi connectivity index (χ0v) is 16.6. The zero-order chi connectivity index (χ0) is 19.8. The number of nitrogens with one attached hydrogen (secondary N) is 2. The van der Waals surface area contributed by atoms with Gasteiger partial charge in [0, 0.05) is 5.69 Å². The Morgan fingerprint density at radius 1 is 0.821 bits per heavy atom. The lowest BCUT2D eigenvalue weighted by Gasteiger charge is -2.20. The maximum atomic E-state index is 12.7. The molecular formula is C25H28N2O. The molecule has 0 radical (unpaired) electrons. The summed E-state index contributed by atoms with van der Waals surface area (Å²) in [5, 5.41) is 6.51. The van der Waals surface area contributed by atoms with E-state index in [1.54, 1.807) is 0 Å². The topological polar surface area (TPSA) is 41.1 Å². The molecule has 1 atom stereocenters. The highest BCUT2D eigenvalue weighted by molar-refractivity contribution is 5.93. The second-order valence-corrected chi connectivity index (χ2v) is 7.08. The fourth-order valence-electron chi connectivity index (χ4n) is 3.37. The van der Waals surface area contributed by atoms with Gasteiger partial charge in [0.2, 0.25) is 5.91 Å². The van der Waals surface area contributed by atoms with Gasteiger partial charge in [-0.25, -0.2) is 0 Å². The number of amides is 1. The number of carbonyl (C=O) groups is 1. The monoisotopic (exact) mass is 372 g/mol. The summed E-state index contributed by atoms with van der Waals surface area (Å²) in [5.41, 5.74) is 4.36. The molecule has 1 amide bonds. The van der Waals surface area contributed by atoms with Crippen LogP contribution in [0.2, 0.25) is 0 Å². The standard InChI is InChI=1S/C25H28N2O/c1-3-19(2)22-16-10-11-17-23(22)27-24(28)18-26-25(20-12-6-4-7-13-20)21-14-8-5-9-15-21/h4-17,19,25-26H,3,18H2,1-2H3,(H,27,28)/t19-/m1/s1. The molecule has 2 N–H and O–H groups in total. The SMILES string of the molecule is CC[C@@H](C)c1ccccc1NC(=O)CNC(c1ccccc1)c1ccccc1. The van der Waals surface area contributed by atoms with Crippen molar-refractivity contribution in [1.29, 1.82) is 0 Å². The Bertz CT molecular complexity index is 838. The molecule has 0 aliphatic rings. The van der Waals surface area contributed by atoms with Gasteiger partial charge in [0.05, 0.1) is 12.6 Å². The quantitative estimate of drug-likeness (QED) is 0.547. The number of rotatable bonds is 8. The van der Waals surface area contributed by atoms with Crippen molar-refractivity contribution in [3.8, 4) is 0 Å². The van der Waals surface area contributed by atoms with E-state index >= 15 is 0 Å². The first-order valence-corrected chi connectivity index (χ1v) is 9.91. The van der Waals surface area contributed by atoms with Crippen LogP contribution < -0.4 is 10.6 Å². The van der Waals surface area contributed by atoms with Crippen LogP contribution in [0, 0.1) is 0 Å². The molecule has 3 rings (SSSR count). The molecule has 0 spiro atoms. The average molecular weight is 373 g/mol. The molecule has 3 heteroatoms. The lowest BCUT2D eigenvalue weighted by molar-refractivity contribution is -0.115. The van der Waals surface area contributed by atoms with Crippen molar-refractivity contribution in [2.45, 2.75) is 32.2 Å². The van der Waals surface area contributed by atoms with E-state index in [2.05, 4.69) is 54.8 Å². The summed E-state index contributed by atoms with van der Waals surface area (Å²) in [6.07, 6.45) is 1.04. The van der Waals surface area contributed by atoms with Crippen molar-refractivity contribution in [2.24, 2.45) is 0 Å². The third-order valence-electron chi connectivity index (χ3n) is 5.11. The third kappa shape index (κ3) is 5.08. The Balaban J connectivity index is 1.71. The Morgan fingerprint density at radius 2 is 1.36 bits per heavy atom. The number of hydrogen-bond acceptors (Lipinski definition) is 2. The highest BCUT2D eigenvalue weighted by Gasteiger charge is 2.16. The van der Waals surface area contributed by atoms with E-state index in [1.807, 2.05) is 54.6 Å². The lowest BCUT2D eigenvalue weighted by atomic mass is 9.97. The molecule has 0 saturated carbocycles. The molecule has 0 fully saturated rings. The van der Waals surface area contributed by atoms with Crippen LogP contribution in [0.1, 0.15) is 48.9 Å². The van der Waals surface area contributed by atoms with Crippen molar-refractivity contribution in [2.75, 3.05) is 11.9 Å². The van der Waals surface area contributed by atoms with Crippen LogP contribution in [0.25, 0.3) is 0 Å². The largest absolute Gasteiger partial charge is 0.325 e. The Kier molecular flexibility index (Phi) is 6.99. The van der Waals surface area contributed by atoms with Gasteiger partial charge in [-0.15, -0.1) is 0 Å². The normalized spacial score (nSPS) is 12.0. The maximum absolute atomic E-state index is 12.7. The maximum Gasteiger partial charge on any atom is 0.238 e. The van der Waals surface area contributed by atoms with Crippen LogP contribution in [0.5, 0.6) is 0 Å². The van der Waals surface area contributed by atoms with Gasteiger partial charge < -0.3 is 5.32 Å². The van der Waals surface area contributed by atoms with Crippen molar-refractivity contribution in [3.63, 3.8) is 0 Å². The summed E-state index contributed by atoms with van der Waals surface area (Å²) < 4.78 is 0. The van der Waals surface area contributed by atoms with Crippen molar-refractivity contribution >= 4 is 11.6 Å². The molecule has 28 heavy (non-hydrogen) atoms. The van der Waals surface area contributed by atoms with Gasteiger partial charge >= 0.3 is 0 Å². The first kappa shape index (κ1) is 19.8. The first-order valence-electron chi connectivity index (χ1n) is 9.91. The molecule has 0 unspecified atom stereocenters. The van der Waals surface area contributed by atoms with E-state index in [4.69, 9.17) is 0 Å². The van der Waals surface area contributed by atoms with Crippen LogP contribution in [0.4, 0.5) is 5.69 Å². The van der Waals surface area contributed by atoms with Crippen LogP contribution in [-0.2, 0) is 4.79 Å². The first-order chi connectivity index (χ1) is 13.7. The van der Waals surface area contributed by atoms with Gasteiger partial charge in [0.25, 0.3) is 0 Å². The minimum Gasteiger partial charge on any atom is -0.325 e. The van der Waals surface area contributed by atoms with Crippen molar-refractivity contribution in [1.82, 2.24) is 5.32 Å². The molecule has 0 aromatic heterocycles. The van der Waals surface area contributed by atoms with E-state index in [-0.39, 0.29) is 18.5 Å². The number of carbonyl (C=O) groups excluding carboxylic acids is 1. The predicted octanol–water partition coefficient (Wildman–Crippen LogP) is 5.52. The van der Waals surface area contributed by atoms with Crippen LogP contribution in [0.3, 0.4) is 0 Å². The van der Waals surface area contributed by atoms with Gasteiger partial charge in [-0.05, 0) is 35.1 Å². The van der Waals surface area contributed by atoms with Crippen molar-refractivity contribution < 1.29 is 4.79 Å². The summed E-state index contributed by atoms with van der Waals surface area (Å²) in [7, 11) is 0. The predicted molar refractivity (Wildman–Crippen MR) is 117 cm³/mol. The highest BCUT2D eigenvalue weighted by atomic mass is 16.1. The smallest absolute Gasteiger partial charge is 0.238 e. The molecular weight excluding hydrogens is 344 g/mol. The summed E-state index contributed by atoms with van der Waals surface area (Å²) in [4.78, 5) is 12.7. The molecule has 0 bridgehead atoms. The number of anilines is 1. The summed E-state index contributed by atoms with van der Waals surface area (Å²) in [6.45, 7) is 4.59. The van der Waals surface area contributed by atoms with E-state index in [0.717, 1.165) is 23.2 Å². The van der Waals surface area contributed by atoms with Gasteiger partial charge in [-0.3, -0.25) is 10.1 Å². The minimum absolute atomic E-state index is 0.0297. The zero-order valence-electron chi connectivity index (χ0n) is 16.6. The van der Waals surface area contributed by atoms with Gasteiger partial charge in [-0.1, -0.05) is 92.7 Å². The summed E-state index contributed by atoms with van der Waals surface area (Å²) in [6, 6.07) is 28.5. The van der Waals surface area contributed by atoms with Crippen LogP contribution in [-0.4, -0.2) is 12.5 Å². The number of para-hydroxylation sites is 1. The Morgan fingerprint density at radius 3 is 1.93 bits per heavy atom. The molecule has 0 heterocycles. The number of hydrogen-bond donors (Lipinski definition) is 2. The molecule has 3 aromatic carbocycles. The second kappa shape index (κ2) is 9.86. The van der Waals surface area contributed by atoms with Gasteiger partial charge in [0.1, 0.15) is 0 Å². The minimum atomic E-state index is -0.0346. The van der Waals surface area contributed by atoms with Gasteiger partial charge in [0.15, 0.2) is 0 Å². The average Bonchev–Trinajstić information content (AvgIpc) is 2.75. The van der Waals surface area contributed by atoms with E-state index in [9.17, 15) is 4.79 Å². The Labute approximate surface area is 167 Å². The fraction of sp³-hybridized carbons (Fsp3) is 0.240. The van der Waals surface area contributed by atoms with Crippen LogP contribution in [0.15, 0.2) is 84.9 Å². The molecule has 0 aliphatic carbocycles. The lowest BCUT2D eigenvalue weighted by Crippen LogP contribution is -2.32. The summed E-state index contributed by atoms with van der Waals surface area (Å²) in [5.74, 6) is 0.374. The molecule has 0 aliphatic heterocycles. The fourth-order valence-corrected chi connectivity index (χ4v) is 3.37. The van der Waals surface area contributed by atoms with Gasteiger partial charge in [-0.2, -0.15) is 0 Å². The van der Waals surface area contributed by atoms with Crippen molar-refractivity contribution in [3.05, 3.63) is 102 Å². The highest BCUT2D eigenvalue weighted by Crippen LogP contribution is 2.26. The molecule has 3 aromatic rings. The molecule has 144 valence electrons. The molecule has 3 nitrogen and oxygen atoms in total.